The molecule has 0 heterocycles. The Hall–Kier alpha value is -0.820. The highest BCUT2D eigenvalue weighted by molar-refractivity contribution is 5.34. The van der Waals surface area contributed by atoms with Crippen LogP contribution in [0.15, 0.2) is 24.3 Å². The lowest BCUT2D eigenvalue weighted by molar-refractivity contribution is -0.0612. The number of aliphatic hydroxyl groups is 1. The van der Waals surface area contributed by atoms with Gasteiger partial charge in [0.2, 0.25) is 0 Å². The van der Waals surface area contributed by atoms with Crippen LogP contribution in [-0.4, -0.2) is 5.11 Å². The van der Waals surface area contributed by atoms with Crippen molar-refractivity contribution >= 4 is 0 Å². The summed E-state index contributed by atoms with van der Waals surface area (Å²) in [5.74, 6) is 1.95. The van der Waals surface area contributed by atoms with Crippen molar-refractivity contribution in [3.63, 3.8) is 0 Å². The first-order valence-electron chi connectivity index (χ1n) is 8.40. The number of hydrogen-bond donors (Lipinski definition) is 1. The van der Waals surface area contributed by atoms with Gasteiger partial charge in [-0.3, -0.25) is 0 Å². The summed E-state index contributed by atoms with van der Waals surface area (Å²) in [4.78, 5) is 0. The molecule has 1 aromatic rings. The molecule has 1 heteroatoms. The summed E-state index contributed by atoms with van der Waals surface area (Å²) >= 11 is 0. The molecule has 2 aliphatic rings. The molecule has 20 heavy (non-hydrogen) atoms. The van der Waals surface area contributed by atoms with E-state index in [9.17, 15) is 5.11 Å². The molecule has 1 fully saturated rings. The van der Waals surface area contributed by atoms with Gasteiger partial charge in [-0.1, -0.05) is 38.1 Å². The maximum atomic E-state index is 11.6. The van der Waals surface area contributed by atoms with Gasteiger partial charge in [0.05, 0.1) is 5.60 Å². The highest BCUT2D eigenvalue weighted by Crippen LogP contribution is 2.47. The number of aryl methyl sites for hydroxylation is 1. The molecule has 1 aromatic carbocycles. The summed E-state index contributed by atoms with van der Waals surface area (Å²) in [6, 6.07) is 8.63. The highest BCUT2D eigenvalue weighted by Gasteiger charge is 2.43. The third kappa shape index (κ3) is 2.53. The van der Waals surface area contributed by atoms with E-state index in [1.165, 1.54) is 36.8 Å². The largest absolute Gasteiger partial charge is 0.385 e. The van der Waals surface area contributed by atoms with Crippen molar-refractivity contribution in [2.45, 2.75) is 64.4 Å². The minimum Gasteiger partial charge on any atom is -0.385 e. The highest BCUT2D eigenvalue weighted by atomic mass is 16.3. The Morgan fingerprint density at radius 2 is 1.70 bits per heavy atom. The number of hydrogen-bond acceptors (Lipinski definition) is 1. The molecule has 3 unspecified atom stereocenters. The Morgan fingerprint density at radius 1 is 1.00 bits per heavy atom. The van der Waals surface area contributed by atoms with E-state index in [0.29, 0.717) is 5.92 Å². The second-order valence-electron chi connectivity index (χ2n) is 7.40. The molecule has 1 saturated carbocycles. The molecule has 2 aliphatic carbocycles. The van der Waals surface area contributed by atoms with E-state index in [-0.39, 0.29) is 0 Å². The lowest BCUT2D eigenvalue weighted by Crippen LogP contribution is -2.39. The third-order valence-corrected chi connectivity index (χ3v) is 5.59. The standard InChI is InChI=1S/C19H28O/c1-14-11-15(2)13-17(12-14)19(20)10-6-5-8-16-7-3-4-9-18(16)19/h3-4,7,9,14-15,17,20H,5-6,8,10-13H2,1-2H3. The van der Waals surface area contributed by atoms with Crippen molar-refractivity contribution in [3.8, 4) is 0 Å². The van der Waals surface area contributed by atoms with Gasteiger partial charge in [-0.05, 0) is 73.8 Å². The monoisotopic (exact) mass is 272 g/mol. The second-order valence-corrected chi connectivity index (χ2v) is 7.40. The molecule has 0 spiro atoms. The molecule has 3 atom stereocenters. The smallest absolute Gasteiger partial charge is 0.0927 e. The van der Waals surface area contributed by atoms with Gasteiger partial charge in [-0.25, -0.2) is 0 Å². The molecule has 1 N–H and O–H groups in total. The minimum atomic E-state index is -0.573. The Labute approximate surface area is 123 Å². The van der Waals surface area contributed by atoms with Crippen LogP contribution < -0.4 is 0 Å². The van der Waals surface area contributed by atoms with Crippen LogP contribution in [0.4, 0.5) is 0 Å². The van der Waals surface area contributed by atoms with Crippen molar-refractivity contribution in [1.82, 2.24) is 0 Å². The van der Waals surface area contributed by atoms with E-state index in [1.54, 1.807) is 0 Å². The van der Waals surface area contributed by atoms with Crippen LogP contribution in [0.3, 0.4) is 0 Å². The first-order valence-corrected chi connectivity index (χ1v) is 8.40. The van der Waals surface area contributed by atoms with Crippen molar-refractivity contribution in [2.75, 3.05) is 0 Å². The minimum absolute atomic E-state index is 0.445. The zero-order valence-corrected chi connectivity index (χ0v) is 12.9. The first-order chi connectivity index (χ1) is 9.59. The fourth-order valence-corrected chi connectivity index (χ4v) is 4.77. The van der Waals surface area contributed by atoms with Crippen molar-refractivity contribution < 1.29 is 5.11 Å². The van der Waals surface area contributed by atoms with Crippen LogP contribution in [0.1, 0.15) is 63.5 Å². The molecular weight excluding hydrogens is 244 g/mol. The summed E-state index contributed by atoms with van der Waals surface area (Å²) in [5.41, 5.74) is 2.05. The van der Waals surface area contributed by atoms with Gasteiger partial charge in [0.15, 0.2) is 0 Å². The topological polar surface area (TPSA) is 20.2 Å². The Kier molecular flexibility index (Phi) is 3.90. The van der Waals surface area contributed by atoms with Crippen LogP contribution in [0.2, 0.25) is 0 Å². The summed E-state index contributed by atoms with van der Waals surface area (Å²) in [6.07, 6.45) is 8.17. The van der Waals surface area contributed by atoms with Crippen LogP contribution >= 0.6 is 0 Å². The zero-order valence-electron chi connectivity index (χ0n) is 12.9. The maximum absolute atomic E-state index is 11.6. The fourth-order valence-electron chi connectivity index (χ4n) is 4.77. The zero-order chi connectivity index (χ0) is 14.2. The quantitative estimate of drug-likeness (QED) is 0.736. The normalized spacial score (nSPS) is 38.0. The molecule has 110 valence electrons. The van der Waals surface area contributed by atoms with Gasteiger partial charge in [0, 0.05) is 0 Å². The molecule has 0 aromatic heterocycles. The van der Waals surface area contributed by atoms with E-state index < -0.39 is 5.60 Å². The Morgan fingerprint density at radius 3 is 2.45 bits per heavy atom. The van der Waals surface area contributed by atoms with E-state index in [2.05, 4.69) is 38.1 Å². The Balaban J connectivity index is 1.97. The van der Waals surface area contributed by atoms with E-state index in [4.69, 9.17) is 0 Å². The van der Waals surface area contributed by atoms with E-state index in [0.717, 1.165) is 31.1 Å². The summed E-state index contributed by atoms with van der Waals surface area (Å²) in [6.45, 7) is 4.71. The average Bonchev–Trinajstić information content (AvgIpc) is 2.59. The number of rotatable bonds is 1. The number of benzene rings is 1. The van der Waals surface area contributed by atoms with Crippen LogP contribution in [-0.2, 0) is 12.0 Å². The molecule has 0 aliphatic heterocycles. The molecule has 0 radical (unpaired) electrons. The van der Waals surface area contributed by atoms with Gasteiger partial charge in [-0.15, -0.1) is 0 Å². The van der Waals surface area contributed by atoms with Gasteiger partial charge >= 0.3 is 0 Å². The van der Waals surface area contributed by atoms with Crippen LogP contribution in [0.25, 0.3) is 0 Å². The fraction of sp³-hybridized carbons (Fsp3) is 0.684. The first kappa shape index (κ1) is 14.1. The molecule has 3 rings (SSSR count). The van der Waals surface area contributed by atoms with Crippen LogP contribution in [0.5, 0.6) is 0 Å². The molecule has 0 amide bonds. The van der Waals surface area contributed by atoms with Crippen molar-refractivity contribution in [1.29, 1.82) is 0 Å². The average molecular weight is 272 g/mol. The van der Waals surface area contributed by atoms with Gasteiger partial charge in [-0.2, -0.15) is 0 Å². The SMILES string of the molecule is CC1CC(C)CC(C2(O)CCCCc3ccccc32)C1. The predicted octanol–water partition coefficient (Wildman–Crippen LogP) is 4.67. The van der Waals surface area contributed by atoms with Crippen molar-refractivity contribution in [2.24, 2.45) is 17.8 Å². The summed E-state index contributed by atoms with van der Waals surface area (Å²) in [7, 11) is 0. The van der Waals surface area contributed by atoms with Gasteiger partial charge in [0.25, 0.3) is 0 Å². The number of fused-ring (bicyclic) bond motifs is 1. The van der Waals surface area contributed by atoms with Crippen LogP contribution in [0, 0.1) is 17.8 Å². The summed E-state index contributed by atoms with van der Waals surface area (Å²) < 4.78 is 0. The maximum Gasteiger partial charge on any atom is 0.0927 e. The third-order valence-electron chi connectivity index (χ3n) is 5.59. The van der Waals surface area contributed by atoms with Gasteiger partial charge < -0.3 is 5.11 Å². The Bertz CT molecular complexity index is 457. The molecule has 0 saturated heterocycles. The second kappa shape index (κ2) is 5.52. The lowest BCUT2D eigenvalue weighted by Gasteiger charge is -2.43. The lowest BCUT2D eigenvalue weighted by atomic mass is 9.66. The van der Waals surface area contributed by atoms with Gasteiger partial charge in [0.1, 0.15) is 0 Å². The molecule has 0 bridgehead atoms. The molecular formula is C19H28O. The van der Waals surface area contributed by atoms with Crippen molar-refractivity contribution in [3.05, 3.63) is 35.4 Å². The summed E-state index contributed by atoms with van der Waals surface area (Å²) in [5, 5.41) is 11.6. The predicted molar refractivity (Wildman–Crippen MR) is 83.6 cm³/mol. The van der Waals surface area contributed by atoms with E-state index >= 15 is 0 Å². The molecule has 1 nitrogen and oxygen atoms in total. The van der Waals surface area contributed by atoms with E-state index in [1.807, 2.05) is 0 Å².